The van der Waals surface area contributed by atoms with Gasteiger partial charge >= 0.3 is 0 Å². The topological polar surface area (TPSA) is 60.9 Å². The highest BCUT2D eigenvalue weighted by Crippen LogP contribution is 2.57. The van der Waals surface area contributed by atoms with Crippen molar-refractivity contribution in [2.24, 2.45) is 10.8 Å². The van der Waals surface area contributed by atoms with Crippen LogP contribution in [0.5, 0.6) is 0 Å². The Balaban J connectivity index is 1.58. The number of rotatable bonds is 1. The second-order valence-electron chi connectivity index (χ2n) is 7.98. The zero-order chi connectivity index (χ0) is 18.5. The van der Waals surface area contributed by atoms with Crippen molar-refractivity contribution in [3.63, 3.8) is 0 Å². The molecule has 1 aromatic rings. The van der Waals surface area contributed by atoms with Crippen molar-refractivity contribution in [3.05, 3.63) is 22.4 Å². The third kappa shape index (κ3) is 2.40. The van der Waals surface area contributed by atoms with Gasteiger partial charge < -0.3 is 14.7 Å². The summed E-state index contributed by atoms with van der Waals surface area (Å²) in [6, 6.07) is 3.76. The lowest BCUT2D eigenvalue weighted by atomic mass is 9.60. The molecule has 1 aromatic heterocycles. The zero-order valence-corrected chi connectivity index (χ0v) is 16.2. The standard InChI is InChI=1S/C19H25N3O3S/c1-14(23)22-12-18(19(13-22)7-8-20(2)17(19)25)5-9-21(10-6-18)16(24)15-4-3-11-26-15/h3-4,11H,5-10,12-13H2,1-2H3/t19-/m1/s1. The summed E-state index contributed by atoms with van der Waals surface area (Å²) < 4.78 is 0. The van der Waals surface area contributed by atoms with Crippen LogP contribution in [-0.4, -0.2) is 72.2 Å². The quantitative estimate of drug-likeness (QED) is 0.750. The SMILES string of the molecule is CC(=O)N1CC2(CCN(C(=O)c3cccs3)CC2)[C@]2(CCN(C)C2=O)C1. The molecule has 0 radical (unpaired) electrons. The summed E-state index contributed by atoms with van der Waals surface area (Å²) in [7, 11) is 1.86. The molecule has 3 aliphatic rings. The number of fused-ring (bicyclic) bond motifs is 1. The van der Waals surface area contributed by atoms with Gasteiger partial charge in [-0.3, -0.25) is 14.4 Å². The van der Waals surface area contributed by atoms with Crippen molar-refractivity contribution < 1.29 is 14.4 Å². The maximum absolute atomic E-state index is 13.1. The molecule has 1 atom stereocenters. The van der Waals surface area contributed by atoms with Gasteiger partial charge in [0.25, 0.3) is 5.91 Å². The predicted molar refractivity (Wildman–Crippen MR) is 98.8 cm³/mol. The number of thiophene rings is 1. The third-order valence-electron chi connectivity index (χ3n) is 6.78. The average Bonchev–Trinajstić information content (AvgIpc) is 3.33. The van der Waals surface area contributed by atoms with Crippen molar-refractivity contribution in [1.29, 1.82) is 0 Å². The molecule has 0 aliphatic carbocycles. The molecule has 0 bridgehead atoms. The van der Waals surface area contributed by atoms with Crippen molar-refractivity contribution in [3.8, 4) is 0 Å². The van der Waals surface area contributed by atoms with Gasteiger partial charge in [-0.2, -0.15) is 0 Å². The minimum Gasteiger partial charge on any atom is -0.345 e. The van der Waals surface area contributed by atoms with Gasteiger partial charge in [0.15, 0.2) is 0 Å². The molecule has 7 heteroatoms. The first-order valence-electron chi connectivity index (χ1n) is 9.22. The number of hydrogen-bond acceptors (Lipinski definition) is 4. The molecular weight excluding hydrogens is 350 g/mol. The Morgan fingerprint density at radius 2 is 1.81 bits per heavy atom. The highest BCUT2D eigenvalue weighted by molar-refractivity contribution is 7.12. The Hall–Kier alpha value is -1.89. The lowest BCUT2D eigenvalue weighted by molar-refractivity contribution is -0.141. The smallest absolute Gasteiger partial charge is 0.263 e. The minimum atomic E-state index is -0.467. The van der Waals surface area contributed by atoms with Crippen LogP contribution >= 0.6 is 11.3 Å². The molecule has 0 saturated carbocycles. The van der Waals surface area contributed by atoms with Crippen molar-refractivity contribution in [1.82, 2.24) is 14.7 Å². The van der Waals surface area contributed by atoms with Gasteiger partial charge in [-0.15, -0.1) is 11.3 Å². The van der Waals surface area contributed by atoms with E-state index in [1.807, 2.05) is 39.3 Å². The maximum Gasteiger partial charge on any atom is 0.263 e. The van der Waals surface area contributed by atoms with E-state index < -0.39 is 5.41 Å². The van der Waals surface area contributed by atoms with Crippen LogP contribution in [0.2, 0.25) is 0 Å². The molecular formula is C19H25N3O3S. The van der Waals surface area contributed by atoms with Crippen LogP contribution in [-0.2, 0) is 9.59 Å². The molecule has 3 fully saturated rings. The summed E-state index contributed by atoms with van der Waals surface area (Å²) in [6.45, 7) is 4.82. The second kappa shape index (κ2) is 6.08. The molecule has 4 heterocycles. The molecule has 2 spiro atoms. The van der Waals surface area contributed by atoms with Crippen LogP contribution < -0.4 is 0 Å². The number of amides is 3. The monoisotopic (exact) mass is 375 g/mol. The molecule has 0 N–H and O–H groups in total. The van der Waals surface area contributed by atoms with E-state index in [1.165, 1.54) is 11.3 Å². The van der Waals surface area contributed by atoms with Gasteiger partial charge in [-0.05, 0) is 30.7 Å². The fourth-order valence-electron chi connectivity index (χ4n) is 5.19. The first-order chi connectivity index (χ1) is 12.4. The Bertz CT molecular complexity index is 739. The highest BCUT2D eigenvalue weighted by atomic mass is 32.1. The summed E-state index contributed by atoms with van der Waals surface area (Å²) in [5.41, 5.74) is -0.668. The van der Waals surface area contributed by atoms with E-state index >= 15 is 0 Å². The van der Waals surface area contributed by atoms with Crippen LogP contribution in [0.1, 0.15) is 35.9 Å². The fraction of sp³-hybridized carbons (Fsp3) is 0.632. The lowest BCUT2D eigenvalue weighted by Gasteiger charge is -2.46. The van der Waals surface area contributed by atoms with Crippen molar-refractivity contribution in [2.45, 2.75) is 26.2 Å². The van der Waals surface area contributed by atoms with E-state index in [2.05, 4.69) is 0 Å². The number of nitrogens with zero attached hydrogens (tertiary/aromatic N) is 3. The Labute approximate surface area is 157 Å². The number of piperidine rings is 1. The fourth-order valence-corrected chi connectivity index (χ4v) is 5.88. The summed E-state index contributed by atoms with van der Waals surface area (Å²) in [6.07, 6.45) is 2.38. The Kier molecular flexibility index (Phi) is 4.10. The number of hydrogen-bond donors (Lipinski definition) is 0. The average molecular weight is 375 g/mol. The van der Waals surface area contributed by atoms with Gasteiger partial charge in [0.05, 0.1) is 10.3 Å². The third-order valence-corrected chi connectivity index (χ3v) is 7.64. The van der Waals surface area contributed by atoms with Gasteiger partial charge in [0, 0.05) is 52.1 Å². The second-order valence-corrected chi connectivity index (χ2v) is 8.93. The number of carbonyl (C=O) groups is 3. The van der Waals surface area contributed by atoms with Gasteiger partial charge in [-0.1, -0.05) is 6.07 Å². The van der Waals surface area contributed by atoms with Gasteiger partial charge in [0.1, 0.15) is 0 Å². The minimum absolute atomic E-state index is 0.0423. The predicted octanol–water partition coefficient (Wildman–Crippen LogP) is 1.68. The largest absolute Gasteiger partial charge is 0.345 e. The molecule has 0 unspecified atom stereocenters. The summed E-state index contributed by atoms with van der Waals surface area (Å²) in [4.78, 5) is 44.2. The van der Waals surface area contributed by atoms with Crippen molar-refractivity contribution in [2.75, 3.05) is 39.8 Å². The van der Waals surface area contributed by atoms with Crippen LogP contribution in [0.4, 0.5) is 0 Å². The van der Waals surface area contributed by atoms with E-state index in [0.717, 1.165) is 30.7 Å². The van der Waals surface area contributed by atoms with E-state index in [4.69, 9.17) is 0 Å². The highest BCUT2D eigenvalue weighted by Gasteiger charge is 2.65. The molecule has 6 nitrogen and oxygen atoms in total. The number of likely N-dealkylation sites (tertiary alicyclic amines) is 3. The first kappa shape index (κ1) is 17.5. The summed E-state index contributed by atoms with van der Waals surface area (Å²) in [5.74, 6) is 0.306. The van der Waals surface area contributed by atoms with Gasteiger partial charge in [-0.25, -0.2) is 0 Å². The van der Waals surface area contributed by atoms with Crippen LogP contribution in [0.3, 0.4) is 0 Å². The lowest BCUT2D eigenvalue weighted by Crippen LogP contribution is -2.53. The molecule has 26 heavy (non-hydrogen) atoms. The van der Waals surface area contributed by atoms with Crippen molar-refractivity contribution >= 4 is 29.1 Å². The number of carbonyl (C=O) groups excluding carboxylic acids is 3. The Morgan fingerprint density at radius 1 is 1.08 bits per heavy atom. The van der Waals surface area contributed by atoms with E-state index in [1.54, 1.807) is 6.92 Å². The zero-order valence-electron chi connectivity index (χ0n) is 15.4. The normalized spacial score (nSPS) is 27.8. The molecule has 3 saturated heterocycles. The van der Waals surface area contributed by atoms with Crippen LogP contribution in [0.15, 0.2) is 17.5 Å². The molecule has 0 aromatic carbocycles. The first-order valence-corrected chi connectivity index (χ1v) is 10.1. The van der Waals surface area contributed by atoms with E-state index in [9.17, 15) is 14.4 Å². The van der Waals surface area contributed by atoms with E-state index in [-0.39, 0.29) is 23.1 Å². The molecule has 140 valence electrons. The van der Waals surface area contributed by atoms with Crippen LogP contribution in [0, 0.1) is 10.8 Å². The Morgan fingerprint density at radius 3 is 2.35 bits per heavy atom. The summed E-state index contributed by atoms with van der Waals surface area (Å²) >= 11 is 1.47. The molecule has 4 rings (SSSR count). The summed E-state index contributed by atoms with van der Waals surface area (Å²) in [5, 5.41) is 1.92. The van der Waals surface area contributed by atoms with Gasteiger partial charge in [0.2, 0.25) is 11.8 Å². The van der Waals surface area contributed by atoms with Crippen LogP contribution in [0.25, 0.3) is 0 Å². The van der Waals surface area contributed by atoms with E-state index in [0.29, 0.717) is 26.2 Å². The molecule has 3 amide bonds. The molecule has 3 aliphatic heterocycles. The maximum atomic E-state index is 13.1.